The number of alkyl halides is 3. The second-order valence-electron chi connectivity index (χ2n) is 12.1. The molecule has 0 bridgehead atoms. The maximum absolute atomic E-state index is 13.9. The Hall–Kier alpha value is -2.79. The standard InChI is InChI=1S/C31H40F3N5O3.ClH/c32-31(33,34)26-8-3-2-7-24(26)27-9-6-16-38(27)29(40)25-21-35-39(28(25)22-10-11-22)23-12-17-37(18-13-23)30(41)42-20-19-36-14-4-1-5-15-36;/h2-3,7-8,21-23,27H,1,4-6,9-20H2;1H. The Labute approximate surface area is 256 Å². The number of rotatable bonds is 7. The average molecular weight is 624 g/mol. The predicted octanol–water partition coefficient (Wildman–Crippen LogP) is 6.44. The van der Waals surface area contributed by atoms with Crippen molar-refractivity contribution in [1.29, 1.82) is 0 Å². The van der Waals surface area contributed by atoms with Gasteiger partial charge in [0.15, 0.2) is 0 Å². The maximum atomic E-state index is 13.9. The molecule has 4 fully saturated rings. The number of carbonyl (C=O) groups excluding carboxylic acids is 2. The lowest BCUT2D eigenvalue weighted by Crippen LogP contribution is -2.41. The molecule has 1 saturated carbocycles. The van der Waals surface area contributed by atoms with Crippen molar-refractivity contribution in [2.24, 2.45) is 0 Å². The van der Waals surface area contributed by atoms with Crippen molar-refractivity contribution in [2.45, 2.75) is 82.0 Å². The van der Waals surface area contributed by atoms with Gasteiger partial charge in [0.1, 0.15) is 6.61 Å². The van der Waals surface area contributed by atoms with Gasteiger partial charge in [0.2, 0.25) is 0 Å². The highest BCUT2D eigenvalue weighted by Gasteiger charge is 2.42. The Bertz CT molecular complexity index is 1270. The van der Waals surface area contributed by atoms with Crippen LogP contribution in [-0.2, 0) is 10.9 Å². The molecule has 0 spiro atoms. The van der Waals surface area contributed by atoms with Crippen molar-refractivity contribution in [2.75, 3.05) is 45.9 Å². The Morgan fingerprint density at radius 3 is 2.33 bits per heavy atom. The van der Waals surface area contributed by atoms with E-state index in [1.54, 1.807) is 22.1 Å². The summed E-state index contributed by atoms with van der Waals surface area (Å²) in [5.41, 5.74) is 0.891. The first-order valence-electron chi connectivity index (χ1n) is 15.5. The molecule has 236 valence electrons. The van der Waals surface area contributed by atoms with E-state index in [1.165, 1.54) is 31.4 Å². The average Bonchev–Trinajstić information content (AvgIpc) is 3.54. The van der Waals surface area contributed by atoms with Crippen LogP contribution in [0.5, 0.6) is 0 Å². The van der Waals surface area contributed by atoms with E-state index >= 15 is 0 Å². The number of halogens is 4. The molecule has 1 atom stereocenters. The lowest BCUT2D eigenvalue weighted by atomic mass is 9.97. The molecule has 0 radical (unpaired) electrons. The van der Waals surface area contributed by atoms with Crippen molar-refractivity contribution < 1.29 is 27.5 Å². The fourth-order valence-electron chi connectivity index (χ4n) is 6.95. The molecule has 4 aliphatic rings. The van der Waals surface area contributed by atoms with E-state index in [0.717, 1.165) is 44.2 Å². The van der Waals surface area contributed by atoms with Gasteiger partial charge in [0.05, 0.1) is 35.1 Å². The van der Waals surface area contributed by atoms with Crippen LogP contribution in [-0.4, -0.2) is 82.4 Å². The van der Waals surface area contributed by atoms with Crippen molar-refractivity contribution in [3.63, 3.8) is 0 Å². The monoisotopic (exact) mass is 623 g/mol. The van der Waals surface area contributed by atoms with Crippen LogP contribution in [0.3, 0.4) is 0 Å². The van der Waals surface area contributed by atoms with Gasteiger partial charge >= 0.3 is 12.3 Å². The first-order valence-corrected chi connectivity index (χ1v) is 15.5. The Morgan fingerprint density at radius 1 is 0.907 bits per heavy atom. The zero-order chi connectivity index (χ0) is 29.3. The van der Waals surface area contributed by atoms with Gasteiger partial charge in [-0.2, -0.15) is 18.3 Å². The third-order valence-electron chi connectivity index (χ3n) is 9.32. The quantitative estimate of drug-likeness (QED) is 0.355. The lowest BCUT2D eigenvalue weighted by Gasteiger charge is -2.33. The fraction of sp³-hybridized carbons (Fsp3) is 0.645. The number of benzene rings is 1. The van der Waals surface area contributed by atoms with Crippen molar-refractivity contribution in [3.05, 3.63) is 52.8 Å². The molecule has 43 heavy (non-hydrogen) atoms. The second kappa shape index (κ2) is 13.5. The number of ether oxygens (including phenoxy) is 1. The largest absolute Gasteiger partial charge is 0.448 e. The first-order chi connectivity index (χ1) is 20.3. The van der Waals surface area contributed by atoms with Crippen LogP contribution in [0.4, 0.5) is 18.0 Å². The molecule has 3 aliphatic heterocycles. The maximum Gasteiger partial charge on any atom is 0.416 e. The van der Waals surface area contributed by atoms with Gasteiger partial charge in [-0.15, -0.1) is 12.4 Å². The zero-order valence-corrected chi connectivity index (χ0v) is 25.3. The van der Waals surface area contributed by atoms with Crippen LogP contribution in [0, 0.1) is 0 Å². The van der Waals surface area contributed by atoms with Gasteiger partial charge < -0.3 is 14.5 Å². The summed E-state index contributed by atoms with van der Waals surface area (Å²) < 4.78 is 49.0. The van der Waals surface area contributed by atoms with Crippen LogP contribution in [0.15, 0.2) is 30.5 Å². The van der Waals surface area contributed by atoms with Crippen LogP contribution in [0.1, 0.15) is 103 Å². The molecule has 6 rings (SSSR count). The van der Waals surface area contributed by atoms with E-state index in [-0.39, 0.29) is 41.9 Å². The zero-order valence-electron chi connectivity index (χ0n) is 24.4. The molecule has 12 heteroatoms. The van der Waals surface area contributed by atoms with Gasteiger partial charge in [-0.3, -0.25) is 14.4 Å². The number of hydrogen-bond donors (Lipinski definition) is 0. The number of carbonyl (C=O) groups is 2. The normalized spacial score (nSPS) is 22.0. The van der Waals surface area contributed by atoms with Gasteiger partial charge in [-0.1, -0.05) is 24.6 Å². The van der Waals surface area contributed by atoms with E-state index in [1.807, 2.05) is 4.68 Å². The molecule has 1 aromatic carbocycles. The van der Waals surface area contributed by atoms with Crippen LogP contribution in [0.2, 0.25) is 0 Å². The number of likely N-dealkylation sites (tertiary alicyclic amines) is 3. The molecule has 1 aromatic heterocycles. The molecule has 0 N–H and O–H groups in total. The summed E-state index contributed by atoms with van der Waals surface area (Å²) in [6.45, 7) is 4.85. The van der Waals surface area contributed by atoms with Crippen molar-refractivity contribution in [1.82, 2.24) is 24.5 Å². The highest BCUT2D eigenvalue weighted by molar-refractivity contribution is 5.96. The van der Waals surface area contributed by atoms with Gasteiger partial charge in [0, 0.05) is 32.1 Å². The van der Waals surface area contributed by atoms with E-state index in [2.05, 4.69) is 10.00 Å². The van der Waals surface area contributed by atoms with Gasteiger partial charge in [-0.25, -0.2) is 4.79 Å². The first kappa shape index (κ1) is 31.6. The van der Waals surface area contributed by atoms with Crippen molar-refractivity contribution in [3.8, 4) is 0 Å². The third kappa shape index (κ3) is 6.98. The Morgan fingerprint density at radius 2 is 1.63 bits per heavy atom. The minimum absolute atomic E-state index is 0. The van der Waals surface area contributed by atoms with Crippen molar-refractivity contribution >= 4 is 24.4 Å². The molecular formula is C31H41ClF3N5O3. The molecule has 3 saturated heterocycles. The molecule has 4 heterocycles. The topological polar surface area (TPSA) is 70.9 Å². The number of hydrogen-bond acceptors (Lipinski definition) is 5. The smallest absolute Gasteiger partial charge is 0.416 e. The molecule has 2 aromatic rings. The highest BCUT2D eigenvalue weighted by atomic mass is 35.5. The molecule has 1 aliphatic carbocycles. The summed E-state index contributed by atoms with van der Waals surface area (Å²) in [7, 11) is 0. The SMILES string of the molecule is Cl.O=C(OCCN1CCCCC1)N1CCC(n2ncc(C(=O)N3CCCC3c3ccccc3C(F)(F)F)c2C2CC2)CC1. The van der Waals surface area contributed by atoms with Crippen LogP contribution in [0.25, 0.3) is 0 Å². The number of amides is 2. The number of piperidine rings is 2. The summed E-state index contributed by atoms with van der Waals surface area (Å²) in [6, 6.07) is 5.03. The highest BCUT2D eigenvalue weighted by Crippen LogP contribution is 2.45. The van der Waals surface area contributed by atoms with Gasteiger partial charge in [-0.05, 0) is 76.1 Å². The molecule has 1 unspecified atom stereocenters. The number of aromatic nitrogens is 2. The summed E-state index contributed by atoms with van der Waals surface area (Å²) >= 11 is 0. The Balaban J connectivity index is 0.00000368. The predicted molar refractivity (Wildman–Crippen MR) is 157 cm³/mol. The molecule has 2 amide bonds. The minimum Gasteiger partial charge on any atom is -0.448 e. The van der Waals surface area contributed by atoms with E-state index in [4.69, 9.17) is 4.74 Å². The van der Waals surface area contributed by atoms with E-state index in [9.17, 15) is 22.8 Å². The van der Waals surface area contributed by atoms with E-state index < -0.39 is 17.8 Å². The second-order valence-corrected chi connectivity index (χ2v) is 12.1. The van der Waals surface area contributed by atoms with Crippen LogP contribution >= 0.6 is 12.4 Å². The lowest BCUT2D eigenvalue weighted by molar-refractivity contribution is -0.138. The Kier molecular flexibility index (Phi) is 9.90. The number of nitrogens with zero attached hydrogens (tertiary/aromatic N) is 5. The molecular weight excluding hydrogens is 583 g/mol. The fourth-order valence-corrected chi connectivity index (χ4v) is 6.95. The summed E-state index contributed by atoms with van der Waals surface area (Å²) in [5, 5.41) is 4.67. The third-order valence-corrected chi connectivity index (χ3v) is 9.32. The van der Waals surface area contributed by atoms with Crippen LogP contribution < -0.4 is 0 Å². The van der Waals surface area contributed by atoms with E-state index in [0.29, 0.717) is 57.5 Å². The summed E-state index contributed by atoms with van der Waals surface area (Å²) in [6.07, 6.45) is 5.05. The molecule has 8 nitrogen and oxygen atoms in total. The summed E-state index contributed by atoms with van der Waals surface area (Å²) in [4.78, 5) is 32.3. The summed E-state index contributed by atoms with van der Waals surface area (Å²) in [5.74, 6) is -0.00917. The minimum atomic E-state index is -4.48. The van der Waals surface area contributed by atoms with Gasteiger partial charge in [0.25, 0.3) is 5.91 Å².